The van der Waals surface area contributed by atoms with Gasteiger partial charge >= 0.3 is 5.97 Å². The average Bonchev–Trinajstić information content (AvgIpc) is 2.87. The highest BCUT2D eigenvalue weighted by atomic mass is 16.6. The second-order valence-electron chi connectivity index (χ2n) is 4.11. The van der Waals surface area contributed by atoms with E-state index in [0.29, 0.717) is 17.1 Å². The summed E-state index contributed by atoms with van der Waals surface area (Å²) in [4.78, 5) is 21.2. The molecule has 0 unspecified atom stereocenters. The van der Waals surface area contributed by atoms with E-state index >= 15 is 0 Å². The van der Waals surface area contributed by atoms with Crippen LogP contribution in [0.5, 0.6) is 0 Å². The molecule has 0 fully saturated rings. The Bertz CT molecular complexity index is 699. The van der Waals surface area contributed by atoms with E-state index in [1.165, 1.54) is 19.1 Å². The van der Waals surface area contributed by atoms with Gasteiger partial charge in [-0.15, -0.1) is 0 Å². The summed E-state index contributed by atoms with van der Waals surface area (Å²) in [5.74, 6) is -0.395. The Kier molecular flexibility index (Phi) is 3.65. The van der Waals surface area contributed by atoms with E-state index in [1.807, 2.05) is 0 Å². The third kappa shape index (κ3) is 2.74. The molecule has 0 aliphatic carbocycles. The maximum atomic E-state index is 10.9. The zero-order valence-corrected chi connectivity index (χ0v) is 10.6. The van der Waals surface area contributed by atoms with Gasteiger partial charge in [-0.25, -0.2) is 4.79 Å². The lowest BCUT2D eigenvalue weighted by atomic mass is 10.1. The summed E-state index contributed by atoms with van der Waals surface area (Å²) >= 11 is 0. The number of carbonyl (C=O) groups is 1. The molecule has 0 atom stereocenters. The number of hydrogen-bond donors (Lipinski definition) is 1. The van der Waals surface area contributed by atoms with E-state index in [0.717, 1.165) is 0 Å². The molecule has 20 heavy (non-hydrogen) atoms. The second-order valence-corrected chi connectivity index (χ2v) is 4.11. The number of hydrogen-bond acceptors (Lipinski definition) is 4. The minimum atomic E-state index is -1.05. The molecule has 6 nitrogen and oxygen atoms in total. The van der Waals surface area contributed by atoms with Crippen molar-refractivity contribution in [2.45, 2.75) is 6.92 Å². The van der Waals surface area contributed by atoms with E-state index < -0.39 is 10.9 Å². The van der Waals surface area contributed by atoms with Crippen LogP contribution < -0.4 is 0 Å². The van der Waals surface area contributed by atoms with Gasteiger partial charge in [0.05, 0.1) is 10.5 Å². The zero-order chi connectivity index (χ0) is 14.7. The van der Waals surface area contributed by atoms with Gasteiger partial charge in [0.15, 0.2) is 0 Å². The highest BCUT2D eigenvalue weighted by Crippen LogP contribution is 2.31. The maximum absolute atomic E-state index is 10.9. The van der Waals surface area contributed by atoms with Gasteiger partial charge in [0, 0.05) is 11.6 Å². The van der Waals surface area contributed by atoms with Crippen LogP contribution in [0.15, 0.2) is 46.4 Å². The van der Waals surface area contributed by atoms with Crippen LogP contribution in [0, 0.1) is 10.1 Å². The lowest BCUT2D eigenvalue weighted by molar-refractivity contribution is -0.384. The molecule has 0 amide bonds. The number of nitrogens with zero attached hydrogens (tertiary/aromatic N) is 1. The lowest BCUT2D eigenvalue weighted by Gasteiger charge is -1.98. The first kappa shape index (κ1) is 13.5. The molecule has 0 aliphatic heterocycles. The second kappa shape index (κ2) is 5.40. The maximum Gasteiger partial charge on any atom is 0.331 e. The molecule has 0 spiro atoms. The van der Waals surface area contributed by atoms with Gasteiger partial charge in [-0.3, -0.25) is 10.1 Å². The van der Waals surface area contributed by atoms with Crippen LogP contribution in [-0.4, -0.2) is 16.0 Å². The molecule has 1 N–H and O–H groups in total. The molecule has 1 heterocycles. The molecule has 0 saturated carbocycles. The highest BCUT2D eigenvalue weighted by Gasteiger charge is 2.16. The SMILES string of the molecule is C/C(=C\c1ccc(-c2ccccc2[N+](=O)[O-])o1)C(=O)O. The molecule has 0 saturated heterocycles. The summed E-state index contributed by atoms with van der Waals surface area (Å²) in [5, 5.41) is 19.7. The number of nitro benzene ring substituents is 1. The standard InChI is InChI=1S/C14H11NO5/c1-9(14(16)17)8-10-6-7-13(20-10)11-4-2-3-5-12(11)15(18)19/h2-8H,1H3,(H,16,17)/b9-8+. The largest absolute Gasteiger partial charge is 0.478 e. The smallest absolute Gasteiger partial charge is 0.331 e. The van der Waals surface area contributed by atoms with E-state index in [4.69, 9.17) is 9.52 Å². The molecule has 1 aromatic carbocycles. The fraction of sp³-hybridized carbons (Fsp3) is 0.0714. The molecule has 0 aliphatic rings. The Labute approximate surface area is 114 Å². The van der Waals surface area contributed by atoms with Crippen molar-refractivity contribution in [2.24, 2.45) is 0 Å². The fourth-order valence-electron chi connectivity index (χ4n) is 1.69. The predicted molar refractivity (Wildman–Crippen MR) is 72.1 cm³/mol. The Morgan fingerprint density at radius 1 is 1.30 bits per heavy atom. The predicted octanol–water partition coefficient (Wildman–Crippen LogP) is 3.34. The monoisotopic (exact) mass is 273 g/mol. The molecule has 2 aromatic rings. The Hall–Kier alpha value is -2.89. The number of nitro groups is 1. The van der Waals surface area contributed by atoms with Gasteiger partial charge in [-0.1, -0.05) is 12.1 Å². The van der Waals surface area contributed by atoms with Crippen molar-refractivity contribution in [3.8, 4) is 11.3 Å². The number of aliphatic carboxylic acids is 1. The summed E-state index contributed by atoms with van der Waals surface area (Å²) in [6, 6.07) is 9.34. The number of para-hydroxylation sites is 1. The molecular weight excluding hydrogens is 262 g/mol. The highest BCUT2D eigenvalue weighted by molar-refractivity contribution is 5.91. The molecule has 2 rings (SSSR count). The van der Waals surface area contributed by atoms with Crippen LogP contribution in [0.25, 0.3) is 17.4 Å². The minimum Gasteiger partial charge on any atom is -0.478 e. The molecule has 0 bridgehead atoms. The van der Waals surface area contributed by atoms with E-state index in [9.17, 15) is 14.9 Å². The third-order valence-corrected chi connectivity index (χ3v) is 2.69. The first-order valence-electron chi connectivity index (χ1n) is 5.74. The van der Waals surface area contributed by atoms with Crippen LogP contribution in [0.4, 0.5) is 5.69 Å². The van der Waals surface area contributed by atoms with Crippen molar-refractivity contribution in [1.29, 1.82) is 0 Å². The summed E-state index contributed by atoms with van der Waals surface area (Å²) in [7, 11) is 0. The Balaban J connectivity index is 2.42. The van der Waals surface area contributed by atoms with Gasteiger partial charge in [0.1, 0.15) is 11.5 Å². The summed E-state index contributed by atoms with van der Waals surface area (Å²) in [6.45, 7) is 1.44. The Morgan fingerprint density at radius 3 is 2.65 bits per heavy atom. The van der Waals surface area contributed by atoms with Gasteiger partial charge in [-0.2, -0.15) is 0 Å². The van der Waals surface area contributed by atoms with Gasteiger partial charge in [-0.05, 0) is 31.2 Å². The number of carboxylic acids is 1. The molecule has 102 valence electrons. The van der Waals surface area contributed by atoms with Crippen molar-refractivity contribution >= 4 is 17.7 Å². The summed E-state index contributed by atoms with van der Waals surface area (Å²) in [5.41, 5.74) is 0.408. The number of carboxylic acid groups (broad SMARTS) is 1. The summed E-state index contributed by atoms with van der Waals surface area (Å²) in [6.07, 6.45) is 1.36. The van der Waals surface area contributed by atoms with Crippen LogP contribution in [0.2, 0.25) is 0 Å². The van der Waals surface area contributed by atoms with Crippen LogP contribution in [-0.2, 0) is 4.79 Å². The van der Waals surface area contributed by atoms with E-state index in [1.54, 1.807) is 30.3 Å². The van der Waals surface area contributed by atoms with Crippen LogP contribution >= 0.6 is 0 Å². The molecule has 6 heteroatoms. The first-order valence-corrected chi connectivity index (χ1v) is 5.74. The normalized spacial score (nSPS) is 11.3. The number of benzene rings is 1. The average molecular weight is 273 g/mol. The van der Waals surface area contributed by atoms with Crippen molar-refractivity contribution in [1.82, 2.24) is 0 Å². The zero-order valence-electron chi connectivity index (χ0n) is 10.6. The van der Waals surface area contributed by atoms with Crippen molar-refractivity contribution < 1.29 is 19.2 Å². The number of rotatable bonds is 4. The minimum absolute atomic E-state index is 0.0627. The quantitative estimate of drug-likeness (QED) is 0.523. The molecule has 0 radical (unpaired) electrons. The summed E-state index contributed by atoms with van der Waals surface area (Å²) < 4.78 is 5.44. The fourth-order valence-corrected chi connectivity index (χ4v) is 1.69. The van der Waals surface area contributed by atoms with E-state index in [2.05, 4.69) is 0 Å². The molecular formula is C14H11NO5. The lowest BCUT2D eigenvalue weighted by Crippen LogP contribution is -1.94. The topological polar surface area (TPSA) is 93.6 Å². The number of furan rings is 1. The van der Waals surface area contributed by atoms with E-state index in [-0.39, 0.29) is 11.3 Å². The Morgan fingerprint density at radius 2 is 2.00 bits per heavy atom. The van der Waals surface area contributed by atoms with Gasteiger partial charge in [0.2, 0.25) is 0 Å². The molecule has 1 aromatic heterocycles. The van der Waals surface area contributed by atoms with Gasteiger partial charge < -0.3 is 9.52 Å². The first-order chi connectivity index (χ1) is 9.49. The van der Waals surface area contributed by atoms with Crippen molar-refractivity contribution in [2.75, 3.05) is 0 Å². The van der Waals surface area contributed by atoms with Gasteiger partial charge in [0.25, 0.3) is 5.69 Å². The van der Waals surface area contributed by atoms with Crippen LogP contribution in [0.1, 0.15) is 12.7 Å². The van der Waals surface area contributed by atoms with Crippen LogP contribution in [0.3, 0.4) is 0 Å². The van der Waals surface area contributed by atoms with Crippen molar-refractivity contribution in [3.05, 3.63) is 57.8 Å². The van der Waals surface area contributed by atoms with Crippen molar-refractivity contribution in [3.63, 3.8) is 0 Å². The third-order valence-electron chi connectivity index (χ3n) is 2.69.